The Balaban J connectivity index is 0.805. The van der Waals surface area contributed by atoms with Crippen molar-refractivity contribution in [2.45, 2.75) is 208 Å². The first-order valence-corrected chi connectivity index (χ1v) is 35.9. The molecule has 0 saturated heterocycles. The first kappa shape index (κ1) is 67.7. The number of nitrogens with zero attached hydrogens (tertiary/aromatic N) is 4. The largest absolute Gasteiger partial charge is 0.356 e. The summed E-state index contributed by atoms with van der Waals surface area (Å²) >= 11 is 0. The molecular formula is C83H100N12O2. The number of aromatic amines is 6. The van der Waals surface area contributed by atoms with Gasteiger partial charge in [-0.3, -0.25) is 9.59 Å². The highest BCUT2D eigenvalue weighted by Gasteiger charge is 2.27. The lowest BCUT2D eigenvalue weighted by atomic mass is 9.99. The summed E-state index contributed by atoms with van der Waals surface area (Å²) in [6, 6.07) is 17.9. The van der Waals surface area contributed by atoms with E-state index in [2.05, 4.69) is 214 Å². The van der Waals surface area contributed by atoms with Gasteiger partial charge in [0.15, 0.2) is 0 Å². The molecule has 12 heterocycles. The van der Waals surface area contributed by atoms with Gasteiger partial charge in [-0.15, -0.1) is 0 Å². The van der Waals surface area contributed by atoms with E-state index in [-0.39, 0.29) is 11.8 Å². The van der Waals surface area contributed by atoms with Crippen LogP contribution >= 0.6 is 0 Å². The van der Waals surface area contributed by atoms with Gasteiger partial charge in [-0.1, -0.05) is 55.4 Å². The van der Waals surface area contributed by atoms with Crippen LogP contribution in [-0.2, 0) is 48.1 Å². The molecule has 12 rings (SSSR count). The minimum atomic E-state index is -0.0303. The molecule has 2 amide bonds. The molecule has 4 aliphatic rings. The Morgan fingerprint density at radius 1 is 0.309 bits per heavy atom. The summed E-state index contributed by atoms with van der Waals surface area (Å²) in [5.41, 5.74) is 44.2. The molecule has 504 valence electrons. The summed E-state index contributed by atoms with van der Waals surface area (Å²) in [6.07, 6.45) is 9.15. The Labute approximate surface area is 571 Å². The summed E-state index contributed by atoms with van der Waals surface area (Å²) in [7, 11) is 0. The summed E-state index contributed by atoms with van der Waals surface area (Å²) in [5, 5.41) is 6.38. The number of rotatable bonds is 18. The van der Waals surface area contributed by atoms with Crippen LogP contribution in [0.2, 0.25) is 0 Å². The maximum atomic E-state index is 13.9. The van der Waals surface area contributed by atoms with Gasteiger partial charge in [0.2, 0.25) is 11.8 Å². The molecule has 97 heavy (non-hydrogen) atoms. The zero-order valence-corrected chi connectivity index (χ0v) is 60.8. The van der Waals surface area contributed by atoms with Crippen LogP contribution in [0.5, 0.6) is 0 Å². The normalized spacial score (nSPS) is 13.4. The molecular weight excluding hydrogens is 1200 g/mol. The van der Waals surface area contributed by atoms with Gasteiger partial charge in [0.25, 0.3) is 0 Å². The smallest absolute Gasteiger partial charge is 0.220 e. The van der Waals surface area contributed by atoms with Crippen molar-refractivity contribution in [2.24, 2.45) is 0 Å². The Morgan fingerprint density at radius 2 is 0.608 bits per heavy atom. The molecule has 0 saturated carbocycles. The summed E-state index contributed by atoms with van der Waals surface area (Å²) in [5.74, 6) is -0.0569. The lowest BCUT2D eigenvalue weighted by molar-refractivity contribution is -0.121. The molecule has 0 aliphatic carbocycles. The number of aromatic nitrogens is 10. The van der Waals surface area contributed by atoms with E-state index in [0.717, 1.165) is 191 Å². The van der Waals surface area contributed by atoms with Crippen molar-refractivity contribution in [1.29, 1.82) is 0 Å². The molecule has 4 aliphatic heterocycles. The molecule has 0 fully saturated rings. The first-order valence-electron chi connectivity index (χ1n) is 35.9. The van der Waals surface area contributed by atoms with Crippen molar-refractivity contribution >= 4 is 123 Å². The van der Waals surface area contributed by atoms with E-state index in [1.54, 1.807) is 0 Å². The number of aryl methyl sites for hydroxylation is 12. The summed E-state index contributed by atoms with van der Waals surface area (Å²) in [6.45, 7) is 40.6. The lowest BCUT2D eigenvalue weighted by Gasteiger charge is -2.08. The van der Waals surface area contributed by atoms with Crippen LogP contribution in [-0.4, -0.2) is 74.7 Å². The number of nitrogens with one attached hydrogen (secondary N) is 8. The number of allylic oxidation sites excluding steroid dienone is 8. The Kier molecular flexibility index (Phi) is 19.3. The highest BCUT2D eigenvalue weighted by atomic mass is 16.2. The van der Waals surface area contributed by atoms with Crippen molar-refractivity contribution in [3.8, 4) is 0 Å². The van der Waals surface area contributed by atoms with E-state index >= 15 is 0 Å². The van der Waals surface area contributed by atoms with Gasteiger partial charge in [-0.2, -0.15) is 0 Å². The van der Waals surface area contributed by atoms with E-state index in [1.807, 2.05) is 0 Å². The van der Waals surface area contributed by atoms with Crippen molar-refractivity contribution in [2.75, 3.05) is 13.1 Å². The zero-order chi connectivity index (χ0) is 69.0. The SMILES string of the molecule is CCC1=C(C)c2cc3nc(c4[nH]c(cc5[nH]c(cc6[nH]c(cc1n2)c(CCC(=O)NCCCNC(=O)CCc1c(C)c2cc7[nH]c(cc8nc(c9nc(cc%10[nH]c(cc1[nH]2)c(CC)c%10C)C(CC)=C9C)C(C)=C8CC)c(C)c7CC)c6C)c(CC)c5C)c(CC)c4C)C(C)=C3CC. The predicted molar refractivity (Wildman–Crippen MR) is 408 cm³/mol. The maximum absolute atomic E-state index is 13.9. The van der Waals surface area contributed by atoms with Crippen molar-refractivity contribution in [3.05, 3.63) is 161 Å². The average molecular weight is 1300 g/mol. The van der Waals surface area contributed by atoms with Crippen LogP contribution in [0.25, 0.3) is 111 Å². The minimum Gasteiger partial charge on any atom is -0.356 e. The van der Waals surface area contributed by atoms with E-state index in [9.17, 15) is 9.59 Å². The second-order valence-corrected chi connectivity index (χ2v) is 27.2. The lowest BCUT2D eigenvalue weighted by Crippen LogP contribution is -2.30. The summed E-state index contributed by atoms with van der Waals surface area (Å²) in [4.78, 5) is 72.4. The van der Waals surface area contributed by atoms with Gasteiger partial charge >= 0.3 is 0 Å². The third kappa shape index (κ3) is 12.3. The first-order chi connectivity index (χ1) is 46.7. The Hall–Kier alpha value is -9.30. The van der Waals surface area contributed by atoms with Crippen LogP contribution in [0.1, 0.15) is 240 Å². The topological polar surface area (TPSA) is 204 Å². The van der Waals surface area contributed by atoms with E-state index in [4.69, 9.17) is 19.9 Å². The third-order valence-electron chi connectivity index (χ3n) is 21.9. The number of fused-ring (bicyclic) bond motifs is 22. The van der Waals surface area contributed by atoms with E-state index in [0.29, 0.717) is 45.2 Å². The molecule has 14 nitrogen and oxygen atoms in total. The quantitative estimate of drug-likeness (QED) is 0.0392. The number of amides is 2. The van der Waals surface area contributed by atoms with Gasteiger partial charge in [0, 0.05) is 86.6 Å². The minimum absolute atomic E-state index is 0.0266. The molecule has 0 aromatic carbocycles. The number of carbonyl (C=O) groups excluding carboxylic acids is 2. The van der Waals surface area contributed by atoms with Crippen LogP contribution in [0.3, 0.4) is 0 Å². The highest BCUT2D eigenvalue weighted by Crippen LogP contribution is 2.43. The zero-order valence-electron chi connectivity index (χ0n) is 60.8. The third-order valence-corrected chi connectivity index (χ3v) is 21.9. The molecule has 0 atom stereocenters. The van der Waals surface area contributed by atoms with Gasteiger partial charge in [0.1, 0.15) is 0 Å². The highest BCUT2D eigenvalue weighted by molar-refractivity contribution is 6.01. The molecule has 14 heteroatoms. The average Bonchev–Trinajstić information content (AvgIpc) is 1.62. The van der Waals surface area contributed by atoms with E-state index < -0.39 is 0 Å². The molecule has 0 radical (unpaired) electrons. The molecule has 0 unspecified atom stereocenters. The fourth-order valence-electron chi connectivity index (χ4n) is 16.1. The fraction of sp³-hybridized carbons (Fsp3) is 0.398. The second kappa shape index (κ2) is 27.7. The Bertz CT molecular complexity index is 5160. The number of hydrogen-bond donors (Lipinski definition) is 8. The van der Waals surface area contributed by atoms with Gasteiger partial charge in [-0.05, 0) is 300 Å². The van der Waals surface area contributed by atoms with Crippen molar-refractivity contribution in [1.82, 2.24) is 60.5 Å². The standard InChI is InChI=1S/C83H100N12O2/c1-19-52-42(9)62-36-72-56(23-5)48(15)80(92-72)82-50(17)58(25-7)74(94-82)38-64-44(11)54(21-3)70(88-64)40-76-60(46(13)66(90-76)34-68(52)86-62)28-30-78(96)84-32-27-33-85-79(97)31-29-61-47(14)67-35-69-53(20-2)43(10)63(87-69)37-73-57(24-6)49(16)81(93-73)83-51(18)59(26-8)75(95-83)39-65-45(12)55(22-4)71(89-65)41-77(61)91-67/h34-41,86-88,90-91,93H,19-33H2,1-18H3,(H,84,96)(H,85,97). The van der Waals surface area contributed by atoms with Crippen LogP contribution in [0.4, 0.5) is 0 Å². The molecule has 8 N–H and O–H groups in total. The fourth-order valence-corrected chi connectivity index (χ4v) is 16.1. The van der Waals surface area contributed by atoms with E-state index in [1.165, 1.54) is 83.5 Å². The number of hydrogen-bond acceptors (Lipinski definition) is 6. The number of H-pyrrole nitrogens is 6. The number of carbonyl (C=O) groups is 2. The summed E-state index contributed by atoms with van der Waals surface area (Å²) < 4.78 is 0. The van der Waals surface area contributed by atoms with Crippen molar-refractivity contribution < 1.29 is 9.59 Å². The molecule has 0 spiro atoms. The monoisotopic (exact) mass is 1300 g/mol. The molecule has 8 aromatic heterocycles. The second-order valence-electron chi connectivity index (χ2n) is 27.2. The van der Waals surface area contributed by atoms with Gasteiger partial charge < -0.3 is 40.5 Å². The van der Waals surface area contributed by atoms with Crippen LogP contribution in [0.15, 0.2) is 48.5 Å². The maximum Gasteiger partial charge on any atom is 0.220 e. The van der Waals surface area contributed by atoms with Crippen LogP contribution < -0.4 is 10.6 Å². The molecule has 8 aromatic rings. The predicted octanol–water partition coefficient (Wildman–Crippen LogP) is 19.7. The molecule has 20 bridgehead atoms. The Morgan fingerprint density at radius 3 is 1.02 bits per heavy atom. The van der Waals surface area contributed by atoms with Gasteiger partial charge in [-0.25, -0.2) is 19.9 Å². The van der Waals surface area contributed by atoms with Crippen molar-refractivity contribution in [3.63, 3.8) is 0 Å². The van der Waals surface area contributed by atoms with Gasteiger partial charge in [0.05, 0.1) is 51.1 Å². The van der Waals surface area contributed by atoms with Crippen LogP contribution in [0, 0.1) is 41.5 Å².